The molecule has 1 heterocycles. The number of nitro groups is 1. The van der Waals surface area contributed by atoms with Gasteiger partial charge in [0, 0.05) is 38.0 Å². The smallest absolute Gasteiger partial charge is 0.264 e. The fourth-order valence-electron chi connectivity index (χ4n) is 2.33. The summed E-state index contributed by atoms with van der Waals surface area (Å²) in [5.74, 6) is -0.223. The summed E-state index contributed by atoms with van der Waals surface area (Å²) >= 11 is 0. The van der Waals surface area contributed by atoms with E-state index in [4.69, 9.17) is 4.55 Å². The van der Waals surface area contributed by atoms with Crippen molar-refractivity contribution in [1.29, 1.82) is 0 Å². The Hall–Kier alpha value is -1.71. The van der Waals surface area contributed by atoms with Gasteiger partial charge in [-0.2, -0.15) is 8.42 Å². The van der Waals surface area contributed by atoms with E-state index in [0.29, 0.717) is 13.0 Å². The molecule has 1 fully saturated rings. The Morgan fingerprint density at radius 1 is 1.30 bits per heavy atom. The zero-order valence-corrected chi connectivity index (χ0v) is 14.0. The van der Waals surface area contributed by atoms with Gasteiger partial charge in [-0.25, -0.2) is 0 Å². The second-order valence-corrected chi connectivity index (χ2v) is 6.84. The Balaban J connectivity index is 2.45. The fraction of sp³-hybridized carbons (Fsp3) is 0.571. The van der Waals surface area contributed by atoms with Crippen LogP contribution in [0.1, 0.15) is 13.3 Å². The van der Waals surface area contributed by atoms with Crippen LogP contribution in [0.5, 0.6) is 0 Å². The van der Waals surface area contributed by atoms with E-state index in [1.165, 1.54) is 6.08 Å². The molecule has 1 saturated heterocycles. The molecule has 0 atom stereocenters. The molecule has 0 radical (unpaired) electrons. The van der Waals surface area contributed by atoms with Crippen molar-refractivity contribution < 1.29 is 17.9 Å². The first-order valence-corrected chi connectivity index (χ1v) is 8.94. The van der Waals surface area contributed by atoms with Crippen molar-refractivity contribution in [2.75, 3.05) is 38.5 Å². The Bertz CT molecular complexity index is 590. The van der Waals surface area contributed by atoms with Crippen LogP contribution in [-0.4, -0.2) is 66.2 Å². The first-order chi connectivity index (χ1) is 10.7. The predicted molar refractivity (Wildman–Crippen MR) is 88.1 cm³/mol. The van der Waals surface area contributed by atoms with Gasteiger partial charge >= 0.3 is 0 Å². The number of nitrogens with zero attached hydrogens (tertiary/aromatic N) is 3. The van der Waals surface area contributed by atoms with E-state index in [2.05, 4.69) is 16.4 Å². The fourth-order valence-corrected chi connectivity index (χ4v) is 2.82. The molecule has 0 saturated carbocycles. The standard InChI is InChI=1S/C14H23N3O5S/c1-3-14(6-5-13(2)17(18)19)16-10-8-15(9-11-16)7-4-12-23(20,21)22/h3,5-6H,2,4,7-12H2,1H3,(H,20,21,22)/b6-5-,14-3+. The molecule has 23 heavy (non-hydrogen) atoms. The summed E-state index contributed by atoms with van der Waals surface area (Å²) in [7, 11) is -3.89. The zero-order chi connectivity index (χ0) is 17.5. The van der Waals surface area contributed by atoms with Crippen molar-refractivity contribution in [1.82, 2.24) is 9.80 Å². The summed E-state index contributed by atoms with van der Waals surface area (Å²) < 4.78 is 30.1. The third-order valence-electron chi connectivity index (χ3n) is 3.59. The number of rotatable bonds is 8. The van der Waals surface area contributed by atoms with Gasteiger partial charge in [-0.05, 0) is 32.5 Å². The summed E-state index contributed by atoms with van der Waals surface area (Å²) in [5, 5.41) is 10.5. The van der Waals surface area contributed by atoms with E-state index < -0.39 is 15.0 Å². The molecule has 0 aromatic carbocycles. The third-order valence-corrected chi connectivity index (χ3v) is 4.40. The van der Waals surface area contributed by atoms with Gasteiger partial charge in [0.1, 0.15) is 0 Å². The van der Waals surface area contributed by atoms with E-state index in [-0.39, 0.29) is 11.4 Å². The summed E-state index contributed by atoms with van der Waals surface area (Å²) in [4.78, 5) is 14.3. The Morgan fingerprint density at radius 3 is 2.39 bits per heavy atom. The number of hydrogen-bond donors (Lipinski definition) is 1. The molecule has 1 rings (SSSR count). The van der Waals surface area contributed by atoms with Gasteiger partial charge in [0.25, 0.3) is 15.8 Å². The quantitative estimate of drug-likeness (QED) is 0.304. The summed E-state index contributed by atoms with van der Waals surface area (Å²) in [6, 6.07) is 0. The topological polar surface area (TPSA) is 104 Å². The zero-order valence-electron chi connectivity index (χ0n) is 13.2. The minimum Gasteiger partial charge on any atom is -0.369 e. The molecule has 0 unspecified atom stereocenters. The number of piperazine rings is 1. The largest absolute Gasteiger partial charge is 0.369 e. The second-order valence-electron chi connectivity index (χ2n) is 5.26. The maximum atomic E-state index is 10.7. The molecule has 1 aliphatic heterocycles. The normalized spacial score (nSPS) is 17.7. The lowest BCUT2D eigenvalue weighted by Crippen LogP contribution is -2.46. The Labute approximate surface area is 136 Å². The highest BCUT2D eigenvalue weighted by molar-refractivity contribution is 7.85. The molecule has 0 aromatic heterocycles. The van der Waals surface area contributed by atoms with E-state index in [1.54, 1.807) is 6.08 Å². The van der Waals surface area contributed by atoms with E-state index in [9.17, 15) is 18.5 Å². The lowest BCUT2D eigenvalue weighted by Gasteiger charge is -2.36. The summed E-state index contributed by atoms with van der Waals surface area (Å²) in [5.41, 5.74) is 0.735. The van der Waals surface area contributed by atoms with Crippen molar-refractivity contribution in [3.8, 4) is 0 Å². The Morgan fingerprint density at radius 2 is 1.91 bits per heavy atom. The van der Waals surface area contributed by atoms with Crippen molar-refractivity contribution in [3.63, 3.8) is 0 Å². The van der Waals surface area contributed by atoms with Crippen LogP contribution in [-0.2, 0) is 10.1 Å². The average molecular weight is 345 g/mol. The monoisotopic (exact) mass is 345 g/mol. The van der Waals surface area contributed by atoms with Crippen molar-refractivity contribution in [2.45, 2.75) is 13.3 Å². The minimum atomic E-state index is -3.89. The first-order valence-electron chi connectivity index (χ1n) is 7.33. The highest BCUT2D eigenvalue weighted by Gasteiger charge is 2.18. The van der Waals surface area contributed by atoms with Gasteiger partial charge in [0.05, 0.1) is 10.7 Å². The van der Waals surface area contributed by atoms with Crippen LogP contribution in [0, 0.1) is 10.1 Å². The molecule has 0 aromatic rings. The van der Waals surface area contributed by atoms with E-state index in [0.717, 1.165) is 31.9 Å². The molecule has 1 aliphatic rings. The maximum Gasteiger partial charge on any atom is 0.264 e. The number of hydrogen-bond acceptors (Lipinski definition) is 6. The highest BCUT2D eigenvalue weighted by atomic mass is 32.2. The molecule has 8 nitrogen and oxygen atoms in total. The molecule has 0 bridgehead atoms. The molecule has 0 aliphatic carbocycles. The lowest BCUT2D eigenvalue weighted by atomic mass is 10.2. The van der Waals surface area contributed by atoms with Crippen LogP contribution in [0.25, 0.3) is 0 Å². The molecular formula is C14H23N3O5S. The average Bonchev–Trinajstić information content (AvgIpc) is 2.47. The van der Waals surface area contributed by atoms with Crippen molar-refractivity contribution in [3.05, 3.63) is 46.3 Å². The van der Waals surface area contributed by atoms with Gasteiger partial charge in [-0.3, -0.25) is 19.6 Å². The molecule has 0 amide bonds. The molecule has 0 spiro atoms. The maximum absolute atomic E-state index is 10.7. The van der Waals surface area contributed by atoms with Crippen LogP contribution in [0.3, 0.4) is 0 Å². The van der Waals surface area contributed by atoms with Crippen LogP contribution < -0.4 is 0 Å². The third kappa shape index (κ3) is 7.40. The Kier molecular flexibility index (Phi) is 7.40. The van der Waals surface area contributed by atoms with Crippen LogP contribution in [0.15, 0.2) is 36.2 Å². The van der Waals surface area contributed by atoms with Crippen LogP contribution in [0.4, 0.5) is 0 Å². The van der Waals surface area contributed by atoms with Gasteiger partial charge in [0.15, 0.2) is 0 Å². The summed E-state index contributed by atoms with van der Waals surface area (Å²) in [6.07, 6.45) is 5.35. The molecule has 1 N–H and O–H groups in total. The SMILES string of the molecule is C=C(/C=C\C(=C/C)N1CCN(CCCS(=O)(=O)O)CC1)[N+](=O)[O-]. The van der Waals surface area contributed by atoms with Crippen LogP contribution in [0.2, 0.25) is 0 Å². The first kappa shape index (κ1) is 19.3. The molecular weight excluding hydrogens is 322 g/mol. The van der Waals surface area contributed by atoms with E-state index in [1.807, 2.05) is 13.0 Å². The van der Waals surface area contributed by atoms with Crippen molar-refractivity contribution in [2.24, 2.45) is 0 Å². The van der Waals surface area contributed by atoms with Crippen LogP contribution >= 0.6 is 0 Å². The van der Waals surface area contributed by atoms with E-state index >= 15 is 0 Å². The van der Waals surface area contributed by atoms with Gasteiger partial charge in [0.2, 0.25) is 0 Å². The molecule has 9 heteroatoms. The molecule has 130 valence electrons. The highest BCUT2D eigenvalue weighted by Crippen LogP contribution is 2.12. The lowest BCUT2D eigenvalue weighted by molar-refractivity contribution is -0.418. The van der Waals surface area contributed by atoms with Gasteiger partial charge in [-0.15, -0.1) is 0 Å². The van der Waals surface area contributed by atoms with Gasteiger partial charge in [-0.1, -0.05) is 6.08 Å². The second kappa shape index (κ2) is 8.80. The van der Waals surface area contributed by atoms with Crippen molar-refractivity contribution >= 4 is 10.1 Å². The summed E-state index contributed by atoms with van der Waals surface area (Å²) in [6.45, 7) is 8.89. The predicted octanol–water partition coefficient (Wildman–Crippen LogP) is 1.13. The minimum absolute atomic E-state index is 0.159. The number of allylic oxidation sites excluding steroid dienone is 3. The van der Waals surface area contributed by atoms with Gasteiger partial charge < -0.3 is 4.90 Å².